The summed E-state index contributed by atoms with van der Waals surface area (Å²) in [5.41, 5.74) is 1.75. The molecule has 0 saturated heterocycles. The van der Waals surface area contributed by atoms with Gasteiger partial charge in [0, 0.05) is 18.1 Å². The molecule has 0 amide bonds. The monoisotopic (exact) mass is 267 g/mol. The van der Waals surface area contributed by atoms with Gasteiger partial charge in [0.15, 0.2) is 11.6 Å². The van der Waals surface area contributed by atoms with Crippen LogP contribution in [-0.4, -0.2) is 0 Å². The number of benzene rings is 2. The summed E-state index contributed by atoms with van der Waals surface area (Å²) in [5.74, 6) is -1.65. The van der Waals surface area contributed by atoms with Crippen LogP contribution < -0.4 is 5.32 Å². The van der Waals surface area contributed by atoms with Crippen LogP contribution in [0.2, 0.25) is 5.02 Å². The minimum atomic E-state index is -0.825. The summed E-state index contributed by atoms with van der Waals surface area (Å²) in [5, 5.41) is 3.83. The molecule has 0 aliphatic heterocycles. The first kappa shape index (κ1) is 13.0. The fourth-order valence-corrected chi connectivity index (χ4v) is 1.86. The van der Waals surface area contributed by atoms with Crippen LogP contribution in [0.5, 0.6) is 0 Å². The van der Waals surface area contributed by atoms with E-state index in [1.165, 1.54) is 6.07 Å². The Kier molecular flexibility index (Phi) is 4.28. The molecular weight excluding hydrogens is 256 g/mol. The highest BCUT2D eigenvalue weighted by molar-refractivity contribution is 6.30. The maximum atomic E-state index is 13.0. The molecule has 2 rings (SSSR count). The third kappa shape index (κ3) is 3.52. The van der Waals surface area contributed by atoms with Crippen LogP contribution in [-0.2, 0) is 13.1 Å². The lowest BCUT2D eigenvalue weighted by Gasteiger charge is -2.06. The topological polar surface area (TPSA) is 12.0 Å². The van der Waals surface area contributed by atoms with Crippen LogP contribution in [0.4, 0.5) is 8.78 Å². The van der Waals surface area contributed by atoms with Crippen molar-refractivity contribution in [2.45, 2.75) is 13.1 Å². The van der Waals surface area contributed by atoms with Gasteiger partial charge in [0.05, 0.1) is 0 Å². The molecule has 2 aromatic rings. The van der Waals surface area contributed by atoms with E-state index >= 15 is 0 Å². The minimum Gasteiger partial charge on any atom is -0.309 e. The Morgan fingerprint density at radius 2 is 1.61 bits per heavy atom. The van der Waals surface area contributed by atoms with Crippen LogP contribution in [0.15, 0.2) is 42.5 Å². The van der Waals surface area contributed by atoms with Gasteiger partial charge in [-0.25, -0.2) is 8.78 Å². The van der Waals surface area contributed by atoms with Crippen LogP contribution in [0.3, 0.4) is 0 Å². The van der Waals surface area contributed by atoms with Crippen molar-refractivity contribution in [3.05, 3.63) is 70.2 Å². The standard InChI is InChI=1S/C14H12ClF2N/c15-12-3-1-2-10(6-12)8-18-9-11-4-5-13(16)14(17)7-11/h1-7,18H,8-9H2. The van der Waals surface area contributed by atoms with Gasteiger partial charge in [-0.15, -0.1) is 0 Å². The predicted molar refractivity (Wildman–Crippen MR) is 68.4 cm³/mol. The van der Waals surface area contributed by atoms with E-state index in [0.29, 0.717) is 23.7 Å². The molecule has 0 heterocycles. The van der Waals surface area contributed by atoms with Crippen LogP contribution in [0.1, 0.15) is 11.1 Å². The van der Waals surface area contributed by atoms with Crippen molar-refractivity contribution < 1.29 is 8.78 Å². The molecule has 0 aliphatic carbocycles. The first-order valence-corrected chi connectivity index (χ1v) is 5.92. The molecule has 1 N–H and O–H groups in total. The number of rotatable bonds is 4. The zero-order valence-electron chi connectivity index (χ0n) is 9.59. The molecule has 0 radical (unpaired) electrons. The SMILES string of the molecule is Fc1ccc(CNCc2cccc(Cl)c2)cc1F. The van der Waals surface area contributed by atoms with Gasteiger partial charge in [-0.1, -0.05) is 29.8 Å². The van der Waals surface area contributed by atoms with E-state index in [4.69, 9.17) is 11.6 Å². The zero-order chi connectivity index (χ0) is 13.0. The highest BCUT2D eigenvalue weighted by Crippen LogP contribution is 2.11. The molecule has 0 saturated carbocycles. The third-order valence-electron chi connectivity index (χ3n) is 2.53. The average molecular weight is 268 g/mol. The van der Waals surface area contributed by atoms with Crippen molar-refractivity contribution in [3.63, 3.8) is 0 Å². The first-order valence-electron chi connectivity index (χ1n) is 5.54. The maximum Gasteiger partial charge on any atom is 0.159 e. The van der Waals surface area contributed by atoms with Crippen molar-refractivity contribution in [3.8, 4) is 0 Å². The molecule has 0 fully saturated rings. The lowest BCUT2D eigenvalue weighted by atomic mass is 10.2. The molecule has 0 unspecified atom stereocenters. The van der Waals surface area contributed by atoms with Gasteiger partial charge < -0.3 is 5.32 Å². The van der Waals surface area contributed by atoms with E-state index in [0.717, 1.165) is 11.6 Å². The molecule has 0 aromatic heterocycles. The van der Waals surface area contributed by atoms with E-state index in [1.807, 2.05) is 18.2 Å². The van der Waals surface area contributed by atoms with Crippen molar-refractivity contribution in [1.82, 2.24) is 5.32 Å². The molecular formula is C14H12ClF2N. The molecule has 0 aliphatic rings. The second kappa shape index (κ2) is 5.94. The Morgan fingerprint density at radius 3 is 2.28 bits per heavy atom. The lowest BCUT2D eigenvalue weighted by Crippen LogP contribution is -2.12. The molecule has 0 spiro atoms. The fourth-order valence-electron chi connectivity index (χ4n) is 1.65. The summed E-state index contributed by atoms with van der Waals surface area (Å²) in [6.07, 6.45) is 0. The fraction of sp³-hybridized carbons (Fsp3) is 0.143. The van der Waals surface area contributed by atoms with Crippen molar-refractivity contribution in [2.75, 3.05) is 0 Å². The minimum absolute atomic E-state index is 0.476. The number of halogens is 3. The van der Waals surface area contributed by atoms with Gasteiger partial charge in [0.1, 0.15) is 0 Å². The van der Waals surface area contributed by atoms with E-state index in [2.05, 4.69) is 5.32 Å². The lowest BCUT2D eigenvalue weighted by molar-refractivity contribution is 0.506. The van der Waals surface area contributed by atoms with Gasteiger partial charge >= 0.3 is 0 Å². The zero-order valence-corrected chi connectivity index (χ0v) is 10.3. The van der Waals surface area contributed by atoms with Gasteiger partial charge in [0.2, 0.25) is 0 Å². The van der Waals surface area contributed by atoms with Crippen molar-refractivity contribution >= 4 is 11.6 Å². The molecule has 18 heavy (non-hydrogen) atoms. The number of hydrogen-bond acceptors (Lipinski definition) is 1. The van der Waals surface area contributed by atoms with Crippen LogP contribution in [0, 0.1) is 11.6 Å². The molecule has 0 bridgehead atoms. The summed E-state index contributed by atoms with van der Waals surface area (Å²) in [4.78, 5) is 0. The second-order valence-corrected chi connectivity index (χ2v) is 4.42. The van der Waals surface area contributed by atoms with E-state index in [9.17, 15) is 8.78 Å². The van der Waals surface area contributed by atoms with Crippen LogP contribution >= 0.6 is 11.6 Å². The number of hydrogen-bond donors (Lipinski definition) is 1. The Balaban J connectivity index is 1.90. The highest BCUT2D eigenvalue weighted by Gasteiger charge is 2.02. The average Bonchev–Trinajstić information content (AvgIpc) is 2.34. The summed E-state index contributed by atoms with van der Waals surface area (Å²) < 4.78 is 25.7. The Hall–Kier alpha value is -1.45. The number of nitrogens with one attached hydrogen (secondary N) is 1. The molecule has 4 heteroatoms. The Bertz CT molecular complexity index is 543. The van der Waals surface area contributed by atoms with Gasteiger partial charge in [-0.05, 0) is 35.4 Å². The Morgan fingerprint density at radius 1 is 0.889 bits per heavy atom. The molecule has 94 valence electrons. The third-order valence-corrected chi connectivity index (χ3v) is 2.77. The molecule has 1 nitrogen and oxygen atoms in total. The van der Waals surface area contributed by atoms with E-state index in [-0.39, 0.29) is 0 Å². The summed E-state index contributed by atoms with van der Waals surface area (Å²) in [6.45, 7) is 1.10. The summed E-state index contributed by atoms with van der Waals surface area (Å²) in [6, 6.07) is 11.4. The van der Waals surface area contributed by atoms with Gasteiger partial charge in [-0.3, -0.25) is 0 Å². The smallest absolute Gasteiger partial charge is 0.159 e. The van der Waals surface area contributed by atoms with E-state index < -0.39 is 11.6 Å². The second-order valence-electron chi connectivity index (χ2n) is 3.98. The maximum absolute atomic E-state index is 13.0. The van der Waals surface area contributed by atoms with Gasteiger partial charge in [0.25, 0.3) is 0 Å². The highest BCUT2D eigenvalue weighted by atomic mass is 35.5. The normalized spacial score (nSPS) is 10.6. The molecule has 0 atom stereocenters. The quantitative estimate of drug-likeness (QED) is 0.886. The largest absolute Gasteiger partial charge is 0.309 e. The Labute approximate surface area is 109 Å². The predicted octanol–water partition coefficient (Wildman–Crippen LogP) is 3.91. The van der Waals surface area contributed by atoms with Crippen molar-refractivity contribution in [2.24, 2.45) is 0 Å². The summed E-state index contributed by atoms with van der Waals surface area (Å²) in [7, 11) is 0. The summed E-state index contributed by atoms with van der Waals surface area (Å²) >= 11 is 5.86. The van der Waals surface area contributed by atoms with Crippen molar-refractivity contribution in [1.29, 1.82) is 0 Å². The van der Waals surface area contributed by atoms with Gasteiger partial charge in [-0.2, -0.15) is 0 Å². The van der Waals surface area contributed by atoms with E-state index in [1.54, 1.807) is 12.1 Å². The van der Waals surface area contributed by atoms with Crippen LogP contribution in [0.25, 0.3) is 0 Å². The first-order chi connectivity index (χ1) is 8.65. The molecule has 2 aromatic carbocycles.